The molecule has 28 heavy (non-hydrogen) atoms. The number of benzene rings is 2. The van der Waals surface area contributed by atoms with Crippen molar-refractivity contribution in [3.05, 3.63) is 53.1 Å². The van der Waals surface area contributed by atoms with Crippen molar-refractivity contribution in [2.24, 2.45) is 10.8 Å². The van der Waals surface area contributed by atoms with Crippen LogP contribution in [0.4, 0.5) is 5.69 Å². The maximum Gasteiger partial charge on any atom is 0.280 e. The summed E-state index contributed by atoms with van der Waals surface area (Å²) in [6.45, 7) is 1.72. The Kier molecular flexibility index (Phi) is 5.04. The van der Waals surface area contributed by atoms with E-state index in [9.17, 15) is 14.7 Å². The number of hydrazone groups is 1. The van der Waals surface area contributed by atoms with E-state index in [1.54, 1.807) is 37.3 Å². The molecule has 0 spiro atoms. The number of phenolic OH excluding ortho intramolecular Hbond substituents is 1. The number of rotatable bonds is 5. The lowest BCUT2D eigenvalue weighted by Gasteiger charge is -2.12. The van der Waals surface area contributed by atoms with Crippen LogP contribution in [0.2, 0.25) is 0 Å². The molecule has 0 fully saturated rings. The largest absolute Gasteiger partial charge is 0.502 e. The number of nitrogens with zero attached hydrogens (tertiary/aromatic N) is 2. The zero-order valence-corrected chi connectivity index (χ0v) is 15.6. The average Bonchev–Trinajstić information content (AvgIpc) is 2.97. The number of ether oxygens (including phenoxy) is 2. The molecular formula is C20H19N3O5. The first-order valence-corrected chi connectivity index (χ1v) is 8.32. The summed E-state index contributed by atoms with van der Waals surface area (Å²) in [7, 11) is 2.85. The second-order valence-corrected chi connectivity index (χ2v) is 6.05. The summed E-state index contributed by atoms with van der Waals surface area (Å²) >= 11 is 0. The van der Waals surface area contributed by atoms with E-state index in [-0.39, 0.29) is 23.2 Å². The van der Waals surface area contributed by atoms with Crippen LogP contribution in [0.1, 0.15) is 22.8 Å². The number of hydrogen-bond acceptors (Lipinski definition) is 6. The van der Waals surface area contributed by atoms with Crippen LogP contribution in [0.25, 0.3) is 6.08 Å². The third-order valence-electron chi connectivity index (χ3n) is 4.27. The zero-order chi connectivity index (χ0) is 20.4. The van der Waals surface area contributed by atoms with Crippen molar-refractivity contribution in [1.82, 2.24) is 0 Å². The number of primary amides is 1. The Balaban J connectivity index is 1.95. The fraction of sp³-hybridized carbons (Fsp3) is 0.150. The van der Waals surface area contributed by atoms with Gasteiger partial charge in [0.2, 0.25) is 11.7 Å². The standard InChI is InChI=1S/C20H19N3O5/c1-11-15(8-12-9-16(27-2)18(24)17(10-12)28-3)20(26)23(22-11)14-6-4-13(5-7-14)19(21)25/h4-10,24H,1-3H3,(H2,21,25)/b15-8+. The summed E-state index contributed by atoms with van der Waals surface area (Å²) in [5.74, 6) is -0.535. The molecule has 2 amide bonds. The molecule has 0 aromatic heterocycles. The third kappa shape index (κ3) is 3.39. The van der Waals surface area contributed by atoms with Crippen LogP contribution in [0.15, 0.2) is 47.1 Å². The summed E-state index contributed by atoms with van der Waals surface area (Å²) < 4.78 is 10.3. The highest BCUT2D eigenvalue weighted by Crippen LogP contribution is 2.38. The van der Waals surface area contributed by atoms with Gasteiger partial charge in [-0.2, -0.15) is 10.1 Å². The lowest BCUT2D eigenvalue weighted by atomic mass is 10.1. The van der Waals surface area contributed by atoms with Crippen LogP contribution < -0.4 is 20.2 Å². The number of carbonyl (C=O) groups excluding carboxylic acids is 2. The number of carbonyl (C=O) groups is 2. The molecule has 1 heterocycles. The Labute approximate surface area is 161 Å². The van der Waals surface area contributed by atoms with E-state index in [2.05, 4.69) is 5.10 Å². The normalized spacial score (nSPS) is 15.0. The lowest BCUT2D eigenvalue weighted by molar-refractivity contribution is -0.114. The molecule has 0 atom stereocenters. The Hall–Kier alpha value is -3.81. The van der Waals surface area contributed by atoms with Gasteiger partial charge < -0.3 is 20.3 Å². The number of hydrogen-bond donors (Lipinski definition) is 2. The monoisotopic (exact) mass is 381 g/mol. The van der Waals surface area contributed by atoms with Crippen molar-refractivity contribution in [2.45, 2.75) is 6.92 Å². The predicted molar refractivity (Wildman–Crippen MR) is 105 cm³/mol. The number of aromatic hydroxyl groups is 1. The molecule has 1 aliphatic heterocycles. The quantitative estimate of drug-likeness (QED) is 0.772. The van der Waals surface area contributed by atoms with Crippen molar-refractivity contribution < 1.29 is 24.2 Å². The number of nitrogens with two attached hydrogens (primary N) is 1. The summed E-state index contributed by atoms with van der Waals surface area (Å²) in [4.78, 5) is 24.1. The van der Waals surface area contributed by atoms with Crippen molar-refractivity contribution in [2.75, 3.05) is 19.2 Å². The second-order valence-electron chi connectivity index (χ2n) is 6.05. The topological polar surface area (TPSA) is 114 Å². The molecule has 0 radical (unpaired) electrons. The van der Waals surface area contributed by atoms with Gasteiger partial charge >= 0.3 is 0 Å². The predicted octanol–water partition coefficient (Wildman–Crippen LogP) is 2.31. The molecule has 2 aromatic rings. The Morgan fingerprint density at radius 1 is 1.14 bits per heavy atom. The maximum absolute atomic E-state index is 12.9. The van der Waals surface area contributed by atoms with Crippen LogP contribution in [0, 0.1) is 0 Å². The van der Waals surface area contributed by atoms with Crippen LogP contribution in [0.5, 0.6) is 17.2 Å². The van der Waals surface area contributed by atoms with E-state index in [0.29, 0.717) is 28.1 Å². The minimum atomic E-state index is -0.546. The van der Waals surface area contributed by atoms with Crippen LogP contribution in [-0.4, -0.2) is 36.9 Å². The van der Waals surface area contributed by atoms with Gasteiger partial charge in [0, 0.05) is 5.56 Å². The van der Waals surface area contributed by atoms with Crippen molar-refractivity contribution in [1.29, 1.82) is 0 Å². The Morgan fingerprint density at radius 2 is 1.71 bits per heavy atom. The molecule has 8 heteroatoms. The van der Waals surface area contributed by atoms with Crippen molar-refractivity contribution in [3.63, 3.8) is 0 Å². The van der Waals surface area contributed by atoms with E-state index in [1.165, 1.54) is 31.4 Å². The third-order valence-corrected chi connectivity index (χ3v) is 4.27. The van der Waals surface area contributed by atoms with Gasteiger partial charge in [-0.1, -0.05) is 0 Å². The molecule has 3 N–H and O–H groups in total. The van der Waals surface area contributed by atoms with E-state index in [4.69, 9.17) is 15.2 Å². The molecule has 0 aliphatic carbocycles. The molecule has 8 nitrogen and oxygen atoms in total. The van der Waals surface area contributed by atoms with Gasteiger partial charge in [0.1, 0.15) is 0 Å². The molecule has 0 unspecified atom stereocenters. The molecular weight excluding hydrogens is 362 g/mol. The lowest BCUT2D eigenvalue weighted by Crippen LogP contribution is -2.21. The minimum Gasteiger partial charge on any atom is -0.502 e. The van der Waals surface area contributed by atoms with E-state index < -0.39 is 5.91 Å². The molecule has 144 valence electrons. The highest BCUT2D eigenvalue weighted by Gasteiger charge is 2.29. The zero-order valence-electron chi connectivity index (χ0n) is 15.6. The molecule has 0 bridgehead atoms. The van der Waals surface area contributed by atoms with E-state index in [0.717, 1.165) is 0 Å². The van der Waals surface area contributed by atoms with Crippen LogP contribution in [0.3, 0.4) is 0 Å². The second kappa shape index (κ2) is 7.43. The fourth-order valence-electron chi connectivity index (χ4n) is 2.79. The average molecular weight is 381 g/mol. The van der Waals surface area contributed by atoms with Crippen molar-refractivity contribution in [3.8, 4) is 17.2 Å². The summed E-state index contributed by atoms with van der Waals surface area (Å²) in [5, 5.41) is 15.6. The first-order chi connectivity index (χ1) is 13.3. The SMILES string of the molecule is COc1cc(/C=C2/C(=O)N(c3ccc(C(N)=O)cc3)N=C2C)cc(OC)c1O. The number of amides is 2. The molecule has 2 aromatic carbocycles. The Morgan fingerprint density at radius 3 is 2.21 bits per heavy atom. The number of phenols is 1. The maximum atomic E-state index is 12.9. The first kappa shape index (κ1) is 19.0. The molecule has 0 saturated carbocycles. The minimum absolute atomic E-state index is 0.119. The van der Waals surface area contributed by atoms with Gasteiger partial charge in [-0.3, -0.25) is 9.59 Å². The Bertz CT molecular complexity index is 984. The van der Waals surface area contributed by atoms with Gasteiger partial charge in [0.25, 0.3) is 5.91 Å². The molecule has 0 saturated heterocycles. The van der Waals surface area contributed by atoms with Crippen LogP contribution >= 0.6 is 0 Å². The summed E-state index contributed by atoms with van der Waals surface area (Å²) in [6.07, 6.45) is 1.64. The van der Waals surface area contributed by atoms with E-state index >= 15 is 0 Å². The highest BCUT2D eigenvalue weighted by atomic mass is 16.5. The molecule has 1 aliphatic rings. The van der Waals surface area contributed by atoms with E-state index in [1.807, 2.05) is 0 Å². The summed E-state index contributed by atoms with van der Waals surface area (Å²) in [6, 6.07) is 9.46. The van der Waals surface area contributed by atoms with Gasteiger partial charge in [0.05, 0.1) is 31.2 Å². The molecule has 3 rings (SSSR count). The summed E-state index contributed by atoms with van der Waals surface area (Å²) in [5.41, 5.74) is 7.61. The fourth-order valence-corrected chi connectivity index (χ4v) is 2.79. The smallest absolute Gasteiger partial charge is 0.280 e. The van der Waals surface area contributed by atoms with Gasteiger partial charge in [0.15, 0.2) is 11.5 Å². The number of methoxy groups -OCH3 is 2. The van der Waals surface area contributed by atoms with Crippen LogP contribution in [-0.2, 0) is 4.79 Å². The van der Waals surface area contributed by atoms with Crippen molar-refractivity contribution >= 4 is 29.3 Å². The van der Waals surface area contributed by atoms with Gasteiger partial charge in [-0.05, 0) is 55.0 Å². The van der Waals surface area contributed by atoms with Gasteiger partial charge in [-0.15, -0.1) is 0 Å². The number of anilines is 1. The highest BCUT2D eigenvalue weighted by molar-refractivity contribution is 6.32. The van der Waals surface area contributed by atoms with Gasteiger partial charge in [-0.25, -0.2) is 0 Å². The first-order valence-electron chi connectivity index (χ1n) is 8.32.